The molecule has 0 radical (unpaired) electrons. The van der Waals surface area contributed by atoms with Crippen molar-refractivity contribution in [2.45, 2.75) is 33.1 Å². The van der Waals surface area contributed by atoms with Gasteiger partial charge in [0.1, 0.15) is 0 Å². The second-order valence-corrected chi connectivity index (χ2v) is 4.28. The molecular formula is C13H17ClO3. The van der Waals surface area contributed by atoms with Crippen molar-refractivity contribution < 1.29 is 14.3 Å². The molecule has 1 aliphatic carbocycles. The first-order chi connectivity index (χ1) is 8.08. The minimum Gasteiger partial charge on any atom is -0.492 e. The molecule has 0 aromatic rings. The highest BCUT2D eigenvalue weighted by Gasteiger charge is 2.32. The molecular weight excluding hydrogens is 240 g/mol. The van der Waals surface area contributed by atoms with Crippen molar-refractivity contribution in [3.63, 3.8) is 0 Å². The molecule has 0 amide bonds. The van der Waals surface area contributed by atoms with E-state index in [0.29, 0.717) is 23.1 Å². The lowest BCUT2D eigenvalue weighted by Crippen LogP contribution is -2.24. The van der Waals surface area contributed by atoms with Gasteiger partial charge in [0.15, 0.2) is 11.5 Å². The van der Waals surface area contributed by atoms with Gasteiger partial charge in [0.05, 0.1) is 13.0 Å². The maximum Gasteiger partial charge on any atom is 0.224 e. The van der Waals surface area contributed by atoms with Crippen molar-refractivity contribution >= 4 is 23.2 Å². The van der Waals surface area contributed by atoms with Crippen LogP contribution in [0.1, 0.15) is 33.1 Å². The number of methoxy groups -OCH3 is 1. The second kappa shape index (κ2) is 6.01. The number of halogens is 1. The van der Waals surface area contributed by atoms with Crippen molar-refractivity contribution in [2.75, 3.05) is 13.0 Å². The molecule has 0 aromatic heterocycles. The molecule has 0 saturated heterocycles. The minimum absolute atomic E-state index is 0.0724. The van der Waals surface area contributed by atoms with Crippen molar-refractivity contribution in [3.05, 3.63) is 22.5 Å². The number of allylic oxidation sites excluding steroid dienone is 3. The van der Waals surface area contributed by atoms with E-state index in [1.165, 1.54) is 7.11 Å². The summed E-state index contributed by atoms with van der Waals surface area (Å²) in [5, 5.41) is 0. The fourth-order valence-electron chi connectivity index (χ4n) is 1.86. The summed E-state index contributed by atoms with van der Waals surface area (Å²) in [4.78, 5) is 24.1. The van der Waals surface area contributed by atoms with Gasteiger partial charge in [-0.2, -0.15) is 0 Å². The first-order valence-electron chi connectivity index (χ1n) is 5.70. The zero-order chi connectivity index (χ0) is 13.0. The van der Waals surface area contributed by atoms with Gasteiger partial charge in [-0.15, -0.1) is 11.6 Å². The Kier molecular flexibility index (Phi) is 4.94. The van der Waals surface area contributed by atoms with E-state index in [1.54, 1.807) is 6.92 Å². The Morgan fingerprint density at radius 2 is 1.82 bits per heavy atom. The van der Waals surface area contributed by atoms with E-state index in [9.17, 15) is 9.59 Å². The highest BCUT2D eigenvalue weighted by molar-refractivity contribution is 6.30. The summed E-state index contributed by atoms with van der Waals surface area (Å²) in [7, 11) is 1.42. The van der Waals surface area contributed by atoms with Crippen LogP contribution < -0.4 is 0 Å². The molecule has 3 nitrogen and oxygen atoms in total. The molecule has 0 aromatic carbocycles. The van der Waals surface area contributed by atoms with Gasteiger partial charge in [0.2, 0.25) is 5.78 Å². The lowest BCUT2D eigenvalue weighted by Gasteiger charge is -2.20. The first kappa shape index (κ1) is 14.0. The first-order valence-corrected chi connectivity index (χ1v) is 6.24. The van der Waals surface area contributed by atoms with Crippen LogP contribution >= 0.6 is 11.6 Å². The van der Waals surface area contributed by atoms with E-state index in [1.807, 2.05) is 6.92 Å². The van der Waals surface area contributed by atoms with Gasteiger partial charge in [0, 0.05) is 16.7 Å². The Labute approximate surface area is 106 Å². The molecule has 1 aliphatic rings. The van der Waals surface area contributed by atoms with Crippen LogP contribution in [-0.4, -0.2) is 24.6 Å². The average Bonchev–Trinajstić information content (AvgIpc) is 2.33. The van der Waals surface area contributed by atoms with Gasteiger partial charge < -0.3 is 4.74 Å². The fraction of sp³-hybridized carbons (Fsp3) is 0.538. The minimum atomic E-state index is -0.214. The Bertz CT molecular complexity index is 405. The van der Waals surface area contributed by atoms with Crippen LogP contribution in [-0.2, 0) is 14.3 Å². The highest BCUT2D eigenvalue weighted by atomic mass is 35.5. The van der Waals surface area contributed by atoms with Crippen LogP contribution in [0.3, 0.4) is 0 Å². The molecule has 0 aliphatic heterocycles. The number of unbranched alkanes of at least 4 members (excludes halogenated alkanes) is 1. The number of hydrogen-bond acceptors (Lipinski definition) is 3. The van der Waals surface area contributed by atoms with Gasteiger partial charge >= 0.3 is 0 Å². The third kappa shape index (κ3) is 2.60. The topological polar surface area (TPSA) is 43.4 Å². The second-order valence-electron chi connectivity index (χ2n) is 4.01. The van der Waals surface area contributed by atoms with E-state index in [2.05, 4.69) is 0 Å². The van der Waals surface area contributed by atoms with Crippen LogP contribution in [0.4, 0.5) is 0 Å². The van der Waals surface area contributed by atoms with Crippen LogP contribution in [0, 0.1) is 0 Å². The van der Waals surface area contributed by atoms with Gasteiger partial charge in [-0.05, 0) is 19.8 Å². The predicted molar refractivity (Wildman–Crippen MR) is 67.0 cm³/mol. The number of ketones is 2. The average molecular weight is 257 g/mol. The number of hydrogen-bond donors (Lipinski definition) is 0. The maximum atomic E-state index is 12.2. The van der Waals surface area contributed by atoms with Gasteiger partial charge in [0.25, 0.3) is 0 Å². The van der Waals surface area contributed by atoms with E-state index in [0.717, 1.165) is 12.8 Å². The number of carbonyl (C=O) groups excluding carboxylic acids is 2. The van der Waals surface area contributed by atoms with E-state index in [4.69, 9.17) is 16.3 Å². The number of Topliss-reactive ketones (excluding diaryl/α,β-unsaturated/α-hetero) is 2. The van der Waals surface area contributed by atoms with Gasteiger partial charge in [-0.3, -0.25) is 9.59 Å². The van der Waals surface area contributed by atoms with Crippen molar-refractivity contribution in [1.29, 1.82) is 0 Å². The van der Waals surface area contributed by atoms with Crippen LogP contribution in [0.15, 0.2) is 22.5 Å². The lowest BCUT2D eigenvalue weighted by atomic mass is 9.87. The summed E-state index contributed by atoms with van der Waals surface area (Å²) in [5.74, 6) is -0.0886. The summed E-state index contributed by atoms with van der Waals surface area (Å²) >= 11 is 5.73. The molecule has 0 spiro atoms. The van der Waals surface area contributed by atoms with E-state index < -0.39 is 0 Å². The summed E-state index contributed by atoms with van der Waals surface area (Å²) < 4.78 is 5.08. The molecule has 0 unspecified atom stereocenters. The zero-order valence-electron chi connectivity index (χ0n) is 10.4. The molecule has 0 saturated carbocycles. The standard InChI is InChI=1S/C13H17ClO3/c1-4-5-6-9-12(16)10(7-14)8(2)11(15)13(9)17-3/h4-7H2,1-3H3. The van der Waals surface area contributed by atoms with E-state index >= 15 is 0 Å². The number of alkyl halides is 1. The van der Waals surface area contributed by atoms with E-state index in [-0.39, 0.29) is 23.2 Å². The highest BCUT2D eigenvalue weighted by Crippen LogP contribution is 2.28. The Hall–Kier alpha value is -1.09. The lowest BCUT2D eigenvalue weighted by molar-refractivity contribution is -0.118. The van der Waals surface area contributed by atoms with Crippen LogP contribution in [0.2, 0.25) is 0 Å². The zero-order valence-corrected chi connectivity index (χ0v) is 11.2. The maximum absolute atomic E-state index is 12.2. The summed E-state index contributed by atoms with van der Waals surface area (Å²) in [6, 6.07) is 0. The van der Waals surface area contributed by atoms with Gasteiger partial charge in [-0.25, -0.2) is 0 Å². The van der Waals surface area contributed by atoms with Crippen molar-refractivity contribution in [3.8, 4) is 0 Å². The molecule has 4 heteroatoms. The molecule has 0 fully saturated rings. The van der Waals surface area contributed by atoms with Crippen LogP contribution in [0.25, 0.3) is 0 Å². The van der Waals surface area contributed by atoms with Crippen LogP contribution in [0.5, 0.6) is 0 Å². The largest absolute Gasteiger partial charge is 0.492 e. The smallest absolute Gasteiger partial charge is 0.224 e. The Morgan fingerprint density at radius 1 is 1.18 bits per heavy atom. The normalized spacial score (nSPS) is 16.9. The monoisotopic (exact) mass is 256 g/mol. The number of rotatable bonds is 5. The summed E-state index contributed by atoms with van der Waals surface area (Å²) in [6.07, 6.45) is 2.38. The molecule has 0 N–H and O–H groups in total. The summed E-state index contributed by atoms with van der Waals surface area (Å²) in [6.45, 7) is 3.65. The SMILES string of the molecule is CCCCC1=C(OC)C(=O)C(C)=C(CCl)C1=O. The molecule has 1 rings (SSSR count). The van der Waals surface area contributed by atoms with Crippen molar-refractivity contribution in [2.24, 2.45) is 0 Å². The molecule has 0 atom stereocenters. The fourth-order valence-corrected chi connectivity index (χ4v) is 2.18. The molecule has 0 heterocycles. The van der Waals surface area contributed by atoms with Gasteiger partial charge in [-0.1, -0.05) is 13.3 Å². The number of carbonyl (C=O) groups is 2. The Morgan fingerprint density at radius 3 is 2.29 bits per heavy atom. The molecule has 0 bridgehead atoms. The predicted octanol–water partition coefficient (Wildman–Crippen LogP) is 2.78. The van der Waals surface area contributed by atoms with Crippen molar-refractivity contribution in [1.82, 2.24) is 0 Å². The molecule has 94 valence electrons. The number of ether oxygens (including phenoxy) is 1. The third-order valence-electron chi connectivity index (χ3n) is 2.94. The quantitative estimate of drug-likeness (QED) is 0.561. The third-order valence-corrected chi connectivity index (χ3v) is 3.21. The Balaban J connectivity index is 3.17. The summed E-state index contributed by atoms with van der Waals surface area (Å²) in [5.41, 5.74) is 1.28. The molecule has 17 heavy (non-hydrogen) atoms.